The maximum Gasteiger partial charge on any atom is 0.229 e. The van der Waals surface area contributed by atoms with Crippen molar-refractivity contribution < 1.29 is 0 Å². The molecule has 0 amide bonds. The van der Waals surface area contributed by atoms with Crippen LogP contribution in [0, 0.1) is 0 Å². The highest BCUT2D eigenvalue weighted by Crippen LogP contribution is 2.25. The number of para-hydroxylation sites is 1. The Morgan fingerprint density at radius 3 is 2.37 bits per heavy atom. The fraction of sp³-hybridized carbons (Fsp3) is 0.273. The largest absolute Gasteiger partial charge is 0.372 e. The SMILES string of the molecule is CN(c1ccccc1)c1ccnc(Nc2ccc(N3CCCCC3)cc2)n1. The van der Waals surface area contributed by atoms with Gasteiger partial charge in [-0.2, -0.15) is 4.98 Å². The summed E-state index contributed by atoms with van der Waals surface area (Å²) in [5.74, 6) is 1.45. The standard InChI is InChI=1S/C22H25N5/c1-26(19-8-4-2-5-9-19)21-14-15-23-22(25-21)24-18-10-12-20(13-11-18)27-16-6-3-7-17-27/h2,4-5,8-15H,3,6-7,16-17H2,1H3,(H,23,24,25). The molecule has 5 heteroatoms. The Balaban J connectivity index is 1.46. The summed E-state index contributed by atoms with van der Waals surface area (Å²) in [4.78, 5) is 13.5. The zero-order valence-corrected chi connectivity index (χ0v) is 15.7. The van der Waals surface area contributed by atoms with Crippen molar-refractivity contribution in [3.63, 3.8) is 0 Å². The van der Waals surface area contributed by atoms with Gasteiger partial charge in [-0.25, -0.2) is 4.98 Å². The first-order valence-electron chi connectivity index (χ1n) is 9.53. The Hall–Kier alpha value is -3.08. The van der Waals surface area contributed by atoms with Crippen molar-refractivity contribution in [3.8, 4) is 0 Å². The maximum absolute atomic E-state index is 4.65. The van der Waals surface area contributed by atoms with E-state index in [1.807, 2.05) is 36.2 Å². The van der Waals surface area contributed by atoms with Gasteiger partial charge in [0.05, 0.1) is 0 Å². The van der Waals surface area contributed by atoms with Gasteiger partial charge in [-0.1, -0.05) is 18.2 Å². The van der Waals surface area contributed by atoms with Crippen LogP contribution in [0.3, 0.4) is 0 Å². The van der Waals surface area contributed by atoms with Gasteiger partial charge in [0.2, 0.25) is 5.95 Å². The molecule has 4 rings (SSSR count). The summed E-state index contributed by atoms with van der Waals surface area (Å²) in [6.45, 7) is 2.31. The summed E-state index contributed by atoms with van der Waals surface area (Å²) < 4.78 is 0. The second kappa shape index (κ2) is 8.08. The van der Waals surface area contributed by atoms with Crippen LogP contribution >= 0.6 is 0 Å². The van der Waals surface area contributed by atoms with Crippen molar-refractivity contribution in [1.82, 2.24) is 9.97 Å². The van der Waals surface area contributed by atoms with Gasteiger partial charge >= 0.3 is 0 Å². The van der Waals surface area contributed by atoms with Crippen molar-refractivity contribution in [2.75, 3.05) is 35.3 Å². The molecule has 0 aliphatic carbocycles. The lowest BCUT2D eigenvalue weighted by molar-refractivity contribution is 0.578. The van der Waals surface area contributed by atoms with E-state index in [0.717, 1.165) is 30.3 Å². The van der Waals surface area contributed by atoms with Crippen LogP contribution in [0.1, 0.15) is 19.3 Å². The molecule has 27 heavy (non-hydrogen) atoms. The molecule has 5 nitrogen and oxygen atoms in total. The van der Waals surface area contributed by atoms with E-state index in [9.17, 15) is 0 Å². The van der Waals surface area contributed by atoms with Gasteiger partial charge in [-0.15, -0.1) is 0 Å². The molecule has 1 aromatic heterocycles. The van der Waals surface area contributed by atoms with Crippen molar-refractivity contribution in [2.24, 2.45) is 0 Å². The second-order valence-corrected chi connectivity index (χ2v) is 6.85. The summed E-state index contributed by atoms with van der Waals surface area (Å²) in [5.41, 5.74) is 3.38. The molecular weight excluding hydrogens is 334 g/mol. The van der Waals surface area contributed by atoms with Crippen LogP contribution in [0.4, 0.5) is 28.8 Å². The minimum atomic E-state index is 0.598. The van der Waals surface area contributed by atoms with Gasteiger partial charge in [0.1, 0.15) is 5.82 Å². The summed E-state index contributed by atoms with van der Waals surface area (Å²) in [5, 5.41) is 3.31. The molecule has 0 spiro atoms. The Morgan fingerprint density at radius 1 is 0.889 bits per heavy atom. The van der Waals surface area contributed by atoms with Crippen molar-refractivity contribution in [2.45, 2.75) is 19.3 Å². The molecule has 2 aromatic carbocycles. The van der Waals surface area contributed by atoms with E-state index in [2.05, 4.69) is 56.6 Å². The third kappa shape index (κ3) is 4.19. The number of aromatic nitrogens is 2. The first kappa shape index (κ1) is 17.3. The highest BCUT2D eigenvalue weighted by atomic mass is 15.2. The Labute approximate surface area is 160 Å². The number of nitrogens with zero attached hydrogens (tertiary/aromatic N) is 4. The van der Waals surface area contributed by atoms with Crippen molar-refractivity contribution in [1.29, 1.82) is 0 Å². The van der Waals surface area contributed by atoms with Crippen LogP contribution in [0.15, 0.2) is 66.9 Å². The van der Waals surface area contributed by atoms with Crippen molar-refractivity contribution in [3.05, 3.63) is 66.9 Å². The molecule has 0 atom stereocenters. The number of anilines is 5. The second-order valence-electron chi connectivity index (χ2n) is 6.85. The van der Waals surface area contributed by atoms with E-state index in [0.29, 0.717) is 5.95 Å². The zero-order valence-electron chi connectivity index (χ0n) is 15.7. The molecule has 1 aliphatic heterocycles. The lowest BCUT2D eigenvalue weighted by Crippen LogP contribution is -2.29. The highest BCUT2D eigenvalue weighted by Gasteiger charge is 2.11. The van der Waals surface area contributed by atoms with Crippen LogP contribution in [0.5, 0.6) is 0 Å². The lowest BCUT2D eigenvalue weighted by atomic mass is 10.1. The van der Waals surface area contributed by atoms with Gasteiger partial charge in [0.25, 0.3) is 0 Å². The first-order valence-corrected chi connectivity index (χ1v) is 9.53. The normalized spacial score (nSPS) is 14.0. The highest BCUT2D eigenvalue weighted by molar-refractivity contribution is 5.63. The van der Waals surface area contributed by atoms with Crippen LogP contribution in [0.25, 0.3) is 0 Å². The minimum Gasteiger partial charge on any atom is -0.372 e. The quantitative estimate of drug-likeness (QED) is 0.696. The van der Waals surface area contributed by atoms with Crippen molar-refractivity contribution >= 4 is 28.8 Å². The van der Waals surface area contributed by atoms with Gasteiger partial charge in [-0.05, 0) is 61.7 Å². The predicted molar refractivity (Wildman–Crippen MR) is 112 cm³/mol. The van der Waals surface area contributed by atoms with Crippen LogP contribution in [-0.4, -0.2) is 30.1 Å². The molecule has 138 valence electrons. The Morgan fingerprint density at radius 2 is 1.63 bits per heavy atom. The van der Waals surface area contributed by atoms with Gasteiger partial charge < -0.3 is 15.1 Å². The summed E-state index contributed by atoms with van der Waals surface area (Å²) in [7, 11) is 2.01. The summed E-state index contributed by atoms with van der Waals surface area (Å²) in [6.07, 6.45) is 5.71. The molecule has 0 bridgehead atoms. The average Bonchev–Trinajstić information content (AvgIpc) is 2.75. The fourth-order valence-corrected chi connectivity index (χ4v) is 3.42. The Kier molecular flexibility index (Phi) is 5.19. The monoisotopic (exact) mass is 359 g/mol. The third-order valence-electron chi connectivity index (χ3n) is 4.97. The zero-order chi connectivity index (χ0) is 18.5. The van der Waals surface area contributed by atoms with Gasteiger partial charge in [0.15, 0.2) is 0 Å². The molecule has 2 heterocycles. The maximum atomic E-state index is 4.65. The van der Waals surface area contributed by atoms with Crippen LogP contribution < -0.4 is 15.1 Å². The molecule has 1 fully saturated rings. The number of hydrogen-bond donors (Lipinski definition) is 1. The Bertz CT molecular complexity index is 857. The number of benzene rings is 2. The molecule has 1 aliphatic rings. The fourth-order valence-electron chi connectivity index (χ4n) is 3.42. The molecule has 1 saturated heterocycles. The molecular formula is C22H25N5. The van der Waals surface area contributed by atoms with Gasteiger partial charge in [0, 0.05) is 43.4 Å². The summed E-state index contributed by atoms with van der Waals surface area (Å²) in [6, 6.07) is 20.6. The average molecular weight is 359 g/mol. The molecule has 3 aromatic rings. The first-order chi connectivity index (χ1) is 13.3. The van der Waals surface area contributed by atoms with Gasteiger partial charge in [-0.3, -0.25) is 0 Å². The molecule has 0 saturated carbocycles. The molecule has 0 unspecified atom stereocenters. The lowest BCUT2D eigenvalue weighted by Gasteiger charge is -2.28. The van der Waals surface area contributed by atoms with E-state index >= 15 is 0 Å². The minimum absolute atomic E-state index is 0.598. The third-order valence-corrected chi connectivity index (χ3v) is 4.97. The number of piperidine rings is 1. The van der Waals surface area contributed by atoms with E-state index in [1.54, 1.807) is 6.20 Å². The number of hydrogen-bond acceptors (Lipinski definition) is 5. The van der Waals surface area contributed by atoms with E-state index in [4.69, 9.17) is 0 Å². The van der Waals surface area contributed by atoms with E-state index < -0.39 is 0 Å². The smallest absolute Gasteiger partial charge is 0.229 e. The molecule has 0 radical (unpaired) electrons. The van der Waals surface area contributed by atoms with Crippen LogP contribution in [0.2, 0.25) is 0 Å². The summed E-state index contributed by atoms with van der Waals surface area (Å²) >= 11 is 0. The van der Waals surface area contributed by atoms with Crippen LogP contribution in [-0.2, 0) is 0 Å². The molecule has 1 N–H and O–H groups in total. The predicted octanol–water partition coefficient (Wildman–Crippen LogP) is 4.98. The van der Waals surface area contributed by atoms with E-state index in [1.165, 1.54) is 24.9 Å². The number of nitrogens with one attached hydrogen (secondary N) is 1. The topological polar surface area (TPSA) is 44.3 Å². The van der Waals surface area contributed by atoms with E-state index in [-0.39, 0.29) is 0 Å². The number of rotatable bonds is 5.